The molecule has 3 fully saturated rings. The van der Waals surface area contributed by atoms with E-state index in [1.807, 2.05) is 30.3 Å². The number of fused-ring (bicyclic) bond motifs is 4. The van der Waals surface area contributed by atoms with Crippen LogP contribution in [0.25, 0.3) is 10.9 Å². The van der Waals surface area contributed by atoms with Crippen molar-refractivity contribution in [2.24, 2.45) is 11.8 Å². The number of hydrogen-bond acceptors (Lipinski definition) is 6. The van der Waals surface area contributed by atoms with Gasteiger partial charge in [0.05, 0.1) is 12.6 Å². The van der Waals surface area contributed by atoms with E-state index < -0.39 is 14.0 Å². The maximum absolute atomic E-state index is 11.6. The van der Waals surface area contributed by atoms with Crippen molar-refractivity contribution in [2.45, 2.75) is 25.0 Å². The first kappa shape index (κ1) is 18.4. The van der Waals surface area contributed by atoms with Gasteiger partial charge in [-0.05, 0) is 61.1 Å². The number of piperidine rings is 3. The lowest BCUT2D eigenvalue weighted by Crippen LogP contribution is -2.55. The van der Waals surface area contributed by atoms with E-state index in [0.29, 0.717) is 17.6 Å². The summed E-state index contributed by atoms with van der Waals surface area (Å²) in [5, 5.41) is 0.863. The fourth-order valence-electron chi connectivity index (χ4n) is 4.64. The molecule has 0 N–H and O–H groups in total. The van der Waals surface area contributed by atoms with Crippen molar-refractivity contribution in [3.63, 3.8) is 0 Å². The molecule has 6 nitrogen and oxygen atoms in total. The van der Waals surface area contributed by atoms with Gasteiger partial charge in [0.2, 0.25) is 0 Å². The highest BCUT2D eigenvalue weighted by Gasteiger charge is 2.43. The number of rotatable bonds is 6. The van der Waals surface area contributed by atoms with Crippen LogP contribution in [0.4, 0.5) is 0 Å². The summed E-state index contributed by atoms with van der Waals surface area (Å²) < 4.78 is 34.0. The summed E-state index contributed by atoms with van der Waals surface area (Å²) in [6, 6.07) is 7.51. The van der Waals surface area contributed by atoms with Gasteiger partial charge in [-0.3, -0.25) is 14.4 Å². The molecular formula is C20H23N2O4P. The van der Waals surface area contributed by atoms with Gasteiger partial charge in [-0.1, -0.05) is 6.08 Å². The molecule has 3 aliphatic heterocycles. The van der Waals surface area contributed by atoms with E-state index in [0.717, 1.165) is 42.4 Å². The maximum Gasteiger partial charge on any atom is 0.468 e. The zero-order valence-electron chi connectivity index (χ0n) is 15.3. The van der Waals surface area contributed by atoms with Crippen LogP contribution in [0.15, 0.2) is 43.1 Å². The van der Waals surface area contributed by atoms with Gasteiger partial charge in [0, 0.05) is 24.2 Å². The predicted molar refractivity (Wildman–Crippen MR) is 102 cm³/mol. The molecule has 1 aromatic heterocycles. The van der Waals surface area contributed by atoms with Crippen LogP contribution in [0, 0.1) is 11.8 Å². The van der Waals surface area contributed by atoms with Crippen molar-refractivity contribution in [2.75, 3.05) is 20.2 Å². The first-order chi connectivity index (χ1) is 13.1. The van der Waals surface area contributed by atoms with Gasteiger partial charge < -0.3 is 4.74 Å². The summed E-state index contributed by atoms with van der Waals surface area (Å²) in [7, 11) is -1.37. The molecule has 1 unspecified atom stereocenters. The van der Waals surface area contributed by atoms with E-state index in [-0.39, 0.29) is 6.04 Å². The Balaban J connectivity index is 1.78. The van der Waals surface area contributed by atoms with E-state index in [1.54, 1.807) is 13.3 Å². The van der Waals surface area contributed by atoms with Crippen molar-refractivity contribution in [1.29, 1.82) is 0 Å². The minimum absolute atomic E-state index is 0.0182. The number of ether oxygens (including phenoxy) is 1. The molecule has 5 rings (SSSR count). The molecule has 27 heavy (non-hydrogen) atoms. The average molecular weight is 386 g/mol. The van der Waals surface area contributed by atoms with Crippen LogP contribution < -0.4 is 4.74 Å². The molecule has 0 amide bonds. The summed E-state index contributed by atoms with van der Waals surface area (Å²) in [4.78, 5) is 6.76. The third-order valence-electron chi connectivity index (χ3n) is 5.99. The van der Waals surface area contributed by atoms with Crippen molar-refractivity contribution in [3.05, 3.63) is 48.7 Å². The SMILES string of the molecule is C=C[C@H]1CN2CC[C@H]1C[C@H]2[C@H](OP(=O)=O)c1ccnc2ccc(OC)cc12. The molecule has 0 radical (unpaired) electrons. The molecule has 1 aromatic carbocycles. The highest BCUT2D eigenvalue weighted by molar-refractivity contribution is 7.24. The topological polar surface area (TPSA) is 68.7 Å². The Morgan fingerprint density at radius 3 is 2.89 bits per heavy atom. The minimum atomic E-state index is -2.98. The van der Waals surface area contributed by atoms with Gasteiger partial charge in [0.1, 0.15) is 11.9 Å². The second-order valence-electron chi connectivity index (χ2n) is 7.28. The lowest BCUT2D eigenvalue weighted by atomic mass is 9.73. The van der Waals surface area contributed by atoms with Crippen molar-refractivity contribution in [1.82, 2.24) is 9.88 Å². The van der Waals surface area contributed by atoms with E-state index >= 15 is 0 Å². The number of nitrogens with zero attached hydrogens (tertiary/aromatic N) is 2. The fourth-order valence-corrected chi connectivity index (χ4v) is 5.08. The second kappa shape index (κ2) is 7.55. The zero-order valence-corrected chi connectivity index (χ0v) is 16.2. The quantitative estimate of drug-likeness (QED) is 0.545. The van der Waals surface area contributed by atoms with Crippen molar-refractivity contribution in [3.8, 4) is 5.75 Å². The number of benzene rings is 1. The van der Waals surface area contributed by atoms with Gasteiger partial charge in [0.25, 0.3) is 0 Å². The number of aromatic nitrogens is 1. The first-order valence-corrected chi connectivity index (χ1v) is 10.3. The van der Waals surface area contributed by atoms with Crippen LogP contribution in [0.3, 0.4) is 0 Å². The molecular weight excluding hydrogens is 363 g/mol. The third-order valence-corrected chi connectivity index (χ3v) is 6.39. The van der Waals surface area contributed by atoms with Gasteiger partial charge in [-0.25, -0.2) is 9.13 Å². The maximum atomic E-state index is 11.6. The molecule has 4 heterocycles. The molecule has 0 spiro atoms. The molecule has 0 saturated carbocycles. The molecule has 2 aromatic rings. The Bertz CT molecular complexity index is 921. The van der Waals surface area contributed by atoms with Crippen LogP contribution in [0.2, 0.25) is 0 Å². The summed E-state index contributed by atoms with van der Waals surface area (Å²) in [6.45, 7) is 5.83. The van der Waals surface area contributed by atoms with Gasteiger partial charge >= 0.3 is 7.91 Å². The van der Waals surface area contributed by atoms with Gasteiger partial charge in [-0.2, -0.15) is 0 Å². The smallest absolute Gasteiger partial charge is 0.468 e. The Hall–Kier alpha value is -2.01. The first-order valence-electron chi connectivity index (χ1n) is 9.21. The van der Waals surface area contributed by atoms with E-state index in [9.17, 15) is 9.13 Å². The fraction of sp³-hybridized carbons (Fsp3) is 0.450. The largest absolute Gasteiger partial charge is 0.497 e. The Morgan fingerprint density at radius 1 is 1.37 bits per heavy atom. The Morgan fingerprint density at radius 2 is 2.22 bits per heavy atom. The average Bonchev–Trinajstić information content (AvgIpc) is 2.71. The van der Waals surface area contributed by atoms with Gasteiger partial charge in [0.15, 0.2) is 0 Å². The van der Waals surface area contributed by atoms with Crippen LogP contribution >= 0.6 is 7.91 Å². The normalized spacial score (nSPS) is 28.0. The minimum Gasteiger partial charge on any atom is -0.497 e. The summed E-state index contributed by atoms with van der Waals surface area (Å²) in [5.41, 5.74) is 1.63. The summed E-state index contributed by atoms with van der Waals surface area (Å²) >= 11 is 0. The number of methoxy groups -OCH3 is 1. The van der Waals surface area contributed by atoms with Crippen LogP contribution in [0.1, 0.15) is 24.5 Å². The zero-order chi connectivity index (χ0) is 19.0. The Kier molecular flexibility index (Phi) is 5.13. The molecule has 2 bridgehead atoms. The monoisotopic (exact) mass is 386 g/mol. The number of hydrogen-bond donors (Lipinski definition) is 0. The standard InChI is InChI=1S/C20H23N2O4P/c1-3-13-12-22-9-7-14(13)10-19(22)20(26-27(23)24)16-6-8-21-18-5-4-15(25-2)11-17(16)18/h3-6,8,11,13-14,19-20H,1,7,9-10,12H2,2H3/t13-,14-,19-,20+/m0/s1. The van der Waals surface area contributed by atoms with E-state index in [4.69, 9.17) is 9.26 Å². The van der Waals surface area contributed by atoms with E-state index in [2.05, 4.69) is 16.5 Å². The van der Waals surface area contributed by atoms with Gasteiger partial charge in [-0.15, -0.1) is 6.58 Å². The molecule has 142 valence electrons. The van der Waals surface area contributed by atoms with Crippen molar-refractivity contribution >= 4 is 18.8 Å². The summed E-state index contributed by atoms with van der Waals surface area (Å²) in [6.07, 6.45) is 5.20. The predicted octanol–water partition coefficient (Wildman–Crippen LogP) is 4.29. The summed E-state index contributed by atoms with van der Waals surface area (Å²) in [5.74, 6) is 1.70. The van der Waals surface area contributed by atoms with Crippen LogP contribution in [-0.2, 0) is 13.7 Å². The number of pyridine rings is 1. The van der Waals surface area contributed by atoms with Crippen molar-refractivity contribution < 1.29 is 18.4 Å². The van der Waals surface area contributed by atoms with Crippen LogP contribution in [-0.4, -0.2) is 36.1 Å². The Labute approximate surface area is 159 Å². The molecule has 0 aliphatic carbocycles. The molecule has 3 saturated heterocycles. The van der Waals surface area contributed by atoms with E-state index in [1.165, 1.54) is 0 Å². The highest BCUT2D eigenvalue weighted by Crippen LogP contribution is 2.45. The molecule has 7 heteroatoms. The lowest BCUT2D eigenvalue weighted by Gasteiger charge is -2.51. The highest BCUT2D eigenvalue weighted by atomic mass is 31.1. The third kappa shape index (κ3) is 3.45. The second-order valence-corrected chi connectivity index (χ2v) is 7.94. The lowest BCUT2D eigenvalue weighted by molar-refractivity contribution is -0.0344. The van der Waals surface area contributed by atoms with Crippen LogP contribution in [0.5, 0.6) is 5.75 Å². The molecule has 3 aliphatic rings. The molecule has 5 atom stereocenters.